The summed E-state index contributed by atoms with van der Waals surface area (Å²) in [4.78, 5) is 15.4. The highest BCUT2D eigenvalue weighted by Crippen LogP contribution is 2.18. The van der Waals surface area contributed by atoms with Gasteiger partial charge in [-0.25, -0.2) is 4.98 Å². The second-order valence-electron chi connectivity index (χ2n) is 3.97. The number of benzene rings is 1. The van der Waals surface area contributed by atoms with Crippen molar-refractivity contribution in [2.24, 2.45) is 0 Å². The number of nitrogen functional groups attached to an aromatic ring is 1. The fourth-order valence-corrected chi connectivity index (χ4v) is 1.65. The summed E-state index contributed by atoms with van der Waals surface area (Å²) in [6, 6.07) is 5.34. The average Bonchev–Trinajstić information content (AvgIpc) is 2.84. The summed E-state index contributed by atoms with van der Waals surface area (Å²) in [5.74, 6) is 0.788. The van der Waals surface area contributed by atoms with E-state index in [4.69, 9.17) is 5.73 Å². The minimum atomic E-state index is -0.0358. The molecule has 1 heterocycles. The van der Waals surface area contributed by atoms with Crippen LogP contribution in [0.4, 0.5) is 11.4 Å². The number of Topliss-reactive ketones (excluding diaryl/α,β-unsaturated/α-hetero) is 1. The highest BCUT2D eigenvalue weighted by molar-refractivity contribution is 5.99. The minimum absolute atomic E-state index is 0.0358. The lowest BCUT2D eigenvalue weighted by Gasteiger charge is -2.08. The van der Waals surface area contributed by atoms with Crippen LogP contribution < -0.4 is 11.1 Å². The van der Waals surface area contributed by atoms with Gasteiger partial charge in [-0.1, -0.05) is 0 Å². The number of nitrogens with zero attached hydrogens (tertiary/aromatic N) is 2. The molecule has 0 radical (unpaired) electrons. The van der Waals surface area contributed by atoms with Gasteiger partial charge in [0.25, 0.3) is 0 Å². The number of carbonyl (C=O) groups is 1. The van der Waals surface area contributed by atoms with Gasteiger partial charge in [-0.05, 0) is 25.1 Å². The molecule has 0 aliphatic carbocycles. The number of ketones is 1. The molecule has 0 aliphatic heterocycles. The molecular formula is C12H15N5O. The minimum Gasteiger partial charge on any atom is -0.398 e. The first-order chi connectivity index (χ1) is 8.66. The number of carbonyl (C=O) groups excluding carboxylic acids is 1. The Labute approximate surface area is 105 Å². The number of nitrogens with two attached hydrogens (primary N) is 1. The van der Waals surface area contributed by atoms with Crippen molar-refractivity contribution in [3.8, 4) is 0 Å². The van der Waals surface area contributed by atoms with Crippen molar-refractivity contribution in [3.05, 3.63) is 35.9 Å². The first-order valence-electron chi connectivity index (χ1n) is 5.65. The average molecular weight is 245 g/mol. The number of hydrogen-bond donors (Lipinski definition) is 3. The first kappa shape index (κ1) is 12.1. The molecular weight excluding hydrogens is 230 g/mol. The molecule has 6 heteroatoms. The molecule has 0 atom stereocenters. The quantitative estimate of drug-likeness (QED) is 0.544. The lowest BCUT2D eigenvalue weighted by Crippen LogP contribution is -2.07. The fraction of sp³-hybridized carbons (Fsp3) is 0.250. The van der Waals surface area contributed by atoms with Crippen LogP contribution in [0.15, 0.2) is 24.5 Å². The monoisotopic (exact) mass is 245 g/mol. The molecule has 0 unspecified atom stereocenters. The number of anilines is 2. The number of rotatable bonds is 5. The van der Waals surface area contributed by atoms with E-state index in [1.165, 1.54) is 13.3 Å². The van der Waals surface area contributed by atoms with E-state index in [0.29, 0.717) is 17.8 Å². The smallest absolute Gasteiger partial charge is 0.161 e. The van der Waals surface area contributed by atoms with E-state index in [1.807, 2.05) is 6.07 Å². The summed E-state index contributed by atoms with van der Waals surface area (Å²) in [5, 5.41) is 9.77. The van der Waals surface area contributed by atoms with Crippen LogP contribution in [0.2, 0.25) is 0 Å². The summed E-state index contributed by atoms with van der Waals surface area (Å²) in [6.07, 6.45) is 2.21. The fourth-order valence-electron chi connectivity index (χ4n) is 1.65. The van der Waals surface area contributed by atoms with Crippen LogP contribution in [-0.2, 0) is 6.42 Å². The Morgan fingerprint density at radius 3 is 3.00 bits per heavy atom. The molecule has 94 valence electrons. The van der Waals surface area contributed by atoms with Crippen LogP contribution >= 0.6 is 0 Å². The van der Waals surface area contributed by atoms with Gasteiger partial charge in [0, 0.05) is 29.9 Å². The Morgan fingerprint density at radius 2 is 2.33 bits per heavy atom. The molecule has 0 spiro atoms. The first-order valence-corrected chi connectivity index (χ1v) is 5.65. The zero-order valence-corrected chi connectivity index (χ0v) is 10.1. The molecule has 6 nitrogen and oxygen atoms in total. The Morgan fingerprint density at radius 1 is 1.50 bits per heavy atom. The van der Waals surface area contributed by atoms with E-state index in [9.17, 15) is 4.79 Å². The maximum absolute atomic E-state index is 11.3. The Bertz CT molecular complexity index is 535. The van der Waals surface area contributed by atoms with Crippen LogP contribution in [-0.4, -0.2) is 27.5 Å². The third-order valence-electron chi connectivity index (χ3n) is 2.59. The molecule has 1 aromatic heterocycles. The molecule has 4 N–H and O–H groups in total. The molecule has 2 aromatic rings. The van der Waals surface area contributed by atoms with E-state index >= 15 is 0 Å². The lowest BCUT2D eigenvalue weighted by molar-refractivity contribution is 0.101. The molecule has 2 rings (SSSR count). The van der Waals surface area contributed by atoms with Crippen LogP contribution in [0.1, 0.15) is 23.1 Å². The second-order valence-corrected chi connectivity index (χ2v) is 3.97. The maximum Gasteiger partial charge on any atom is 0.161 e. The Hall–Kier alpha value is -2.37. The van der Waals surface area contributed by atoms with Gasteiger partial charge in [-0.15, -0.1) is 0 Å². The third-order valence-corrected chi connectivity index (χ3v) is 2.59. The summed E-state index contributed by atoms with van der Waals surface area (Å²) in [7, 11) is 0. The standard InChI is InChI=1S/C12H15N5O/c1-8(18)10-6-9(2-3-11(10)13)14-5-4-12-15-7-16-17-12/h2-3,6-7,14H,4-5,13H2,1H3,(H,15,16,17). The van der Waals surface area contributed by atoms with E-state index in [1.54, 1.807) is 12.1 Å². The topological polar surface area (TPSA) is 96.7 Å². The van der Waals surface area contributed by atoms with Crippen LogP contribution in [0.3, 0.4) is 0 Å². The van der Waals surface area contributed by atoms with Crippen molar-refractivity contribution < 1.29 is 4.79 Å². The lowest BCUT2D eigenvalue weighted by atomic mass is 10.1. The summed E-state index contributed by atoms with van der Waals surface area (Å²) >= 11 is 0. The van der Waals surface area contributed by atoms with Crippen molar-refractivity contribution in [2.45, 2.75) is 13.3 Å². The Kier molecular flexibility index (Phi) is 3.57. The van der Waals surface area contributed by atoms with Gasteiger partial charge in [-0.2, -0.15) is 5.10 Å². The summed E-state index contributed by atoms with van der Waals surface area (Å²) < 4.78 is 0. The predicted molar refractivity (Wildman–Crippen MR) is 69.4 cm³/mol. The summed E-state index contributed by atoms with van der Waals surface area (Å²) in [6.45, 7) is 2.21. The van der Waals surface area contributed by atoms with Crippen molar-refractivity contribution >= 4 is 17.2 Å². The molecule has 0 bridgehead atoms. The number of aromatic amines is 1. The second kappa shape index (κ2) is 5.31. The highest BCUT2D eigenvalue weighted by atomic mass is 16.1. The number of nitrogens with one attached hydrogen (secondary N) is 2. The molecule has 0 saturated carbocycles. The van der Waals surface area contributed by atoms with Gasteiger partial charge in [0.1, 0.15) is 12.2 Å². The number of aromatic nitrogens is 3. The zero-order valence-electron chi connectivity index (χ0n) is 10.1. The normalized spacial score (nSPS) is 10.3. The molecule has 0 aliphatic rings. The van der Waals surface area contributed by atoms with E-state index in [0.717, 1.165) is 17.9 Å². The molecule has 1 aromatic carbocycles. The van der Waals surface area contributed by atoms with E-state index < -0.39 is 0 Å². The van der Waals surface area contributed by atoms with Gasteiger partial charge in [0.2, 0.25) is 0 Å². The Balaban J connectivity index is 1.97. The molecule has 0 amide bonds. The number of hydrogen-bond acceptors (Lipinski definition) is 5. The van der Waals surface area contributed by atoms with Gasteiger partial charge in [-0.3, -0.25) is 9.89 Å². The van der Waals surface area contributed by atoms with Gasteiger partial charge in [0.05, 0.1) is 0 Å². The van der Waals surface area contributed by atoms with Gasteiger partial charge < -0.3 is 11.1 Å². The maximum atomic E-state index is 11.3. The van der Waals surface area contributed by atoms with Crippen molar-refractivity contribution in [2.75, 3.05) is 17.6 Å². The largest absolute Gasteiger partial charge is 0.398 e. The van der Waals surface area contributed by atoms with Crippen LogP contribution in [0, 0.1) is 0 Å². The predicted octanol–water partition coefficient (Wildman–Crippen LogP) is 1.24. The number of H-pyrrole nitrogens is 1. The third kappa shape index (κ3) is 2.85. The highest BCUT2D eigenvalue weighted by Gasteiger charge is 2.05. The summed E-state index contributed by atoms with van der Waals surface area (Å²) in [5.41, 5.74) is 7.64. The van der Waals surface area contributed by atoms with Gasteiger partial charge in [0.15, 0.2) is 5.78 Å². The molecule has 0 fully saturated rings. The van der Waals surface area contributed by atoms with Crippen LogP contribution in [0.25, 0.3) is 0 Å². The van der Waals surface area contributed by atoms with Crippen molar-refractivity contribution in [1.82, 2.24) is 15.2 Å². The van der Waals surface area contributed by atoms with Crippen LogP contribution in [0.5, 0.6) is 0 Å². The van der Waals surface area contributed by atoms with E-state index in [-0.39, 0.29) is 5.78 Å². The van der Waals surface area contributed by atoms with E-state index in [2.05, 4.69) is 20.5 Å². The SMILES string of the molecule is CC(=O)c1cc(NCCc2ncn[nH]2)ccc1N. The molecule has 18 heavy (non-hydrogen) atoms. The molecule has 0 saturated heterocycles. The van der Waals surface area contributed by atoms with Crippen molar-refractivity contribution in [3.63, 3.8) is 0 Å². The zero-order chi connectivity index (χ0) is 13.0. The van der Waals surface area contributed by atoms with Gasteiger partial charge >= 0.3 is 0 Å². The van der Waals surface area contributed by atoms with Crippen molar-refractivity contribution in [1.29, 1.82) is 0 Å².